The Morgan fingerprint density at radius 2 is 2.05 bits per heavy atom. The van der Waals surface area contributed by atoms with Crippen LogP contribution in [0.15, 0.2) is 24.3 Å². The largest absolute Gasteiger partial charge is 0.358 e. The summed E-state index contributed by atoms with van der Waals surface area (Å²) in [6.07, 6.45) is 1.15. The van der Waals surface area contributed by atoms with Crippen molar-refractivity contribution in [3.63, 3.8) is 0 Å². The highest BCUT2D eigenvalue weighted by atomic mass is 15.1. The van der Waals surface area contributed by atoms with Gasteiger partial charge in [0.15, 0.2) is 0 Å². The molecule has 0 radical (unpaired) electrons. The Morgan fingerprint density at radius 3 is 2.74 bits per heavy atom. The fraction of sp³-hybridized carbons (Fsp3) is 0.500. The molecule has 3 N–H and O–H groups in total. The van der Waals surface area contributed by atoms with Crippen molar-refractivity contribution in [1.82, 2.24) is 9.88 Å². The maximum Gasteiger partial charge on any atom is 0.0459 e. The first-order valence-electron chi connectivity index (χ1n) is 7.10. The number of rotatable bonds is 6. The van der Waals surface area contributed by atoms with Crippen molar-refractivity contribution in [2.45, 2.75) is 26.8 Å². The Hall–Kier alpha value is -1.32. The first kappa shape index (κ1) is 14.1. The molecule has 0 spiro atoms. The summed E-state index contributed by atoms with van der Waals surface area (Å²) in [5.41, 5.74) is 9.70. The summed E-state index contributed by atoms with van der Waals surface area (Å²) in [4.78, 5) is 5.84. The normalized spacial score (nSPS) is 13.3. The molecule has 0 amide bonds. The number of H-pyrrole nitrogens is 1. The summed E-state index contributed by atoms with van der Waals surface area (Å²) in [6.45, 7) is 7.18. The van der Waals surface area contributed by atoms with Crippen molar-refractivity contribution in [2.24, 2.45) is 11.7 Å². The molecule has 1 aromatic heterocycles. The van der Waals surface area contributed by atoms with Gasteiger partial charge in [-0.05, 0) is 38.1 Å². The zero-order valence-electron chi connectivity index (χ0n) is 12.2. The third-order valence-corrected chi connectivity index (χ3v) is 3.94. The van der Waals surface area contributed by atoms with Gasteiger partial charge in [0.2, 0.25) is 0 Å². The Labute approximate surface area is 115 Å². The highest BCUT2D eigenvalue weighted by Crippen LogP contribution is 2.23. The van der Waals surface area contributed by atoms with Crippen LogP contribution in [0.25, 0.3) is 10.9 Å². The van der Waals surface area contributed by atoms with Gasteiger partial charge in [-0.3, -0.25) is 0 Å². The van der Waals surface area contributed by atoms with Crippen LogP contribution in [0.5, 0.6) is 0 Å². The summed E-state index contributed by atoms with van der Waals surface area (Å²) in [5.74, 6) is 0.593. The van der Waals surface area contributed by atoms with E-state index in [0.29, 0.717) is 5.92 Å². The van der Waals surface area contributed by atoms with Crippen LogP contribution in [0.1, 0.15) is 24.6 Å². The Balaban J connectivity index is 2.14. The summed E-state index contributed by atoms with van der Waals surface area (Å²) in [5, 5.41) is 1.34. The molecule has 0 bridgehead atoms. The number of benzene rings is 1. The van der Waals surface area contributed by atoms with Gasteiger partial charge in [-0.25, -0.2) is 0 Å². The van der Waals surface area contributed by atoms with E-state index in [0.717, 1.165) is 26.1 Å². The van der Waals surface area contributed by atoms with Gasteiger partial charge in [0, 0.05) is 29.7 Å². The molecule has 2 aromatic rings. The topological polar surface area (TPSA) is 45.0 Å². The average Bonchev–Trinajstić information content (AvgIpc) is 2.72. The number of hydrogen-bond acceptors (Lipinski definition) is 2. The first-order valence-corrected chi connectivity index (χ1v) is 7.10. The molecule has 3 heteroatoms. The van der Waals surface area contributed by atoms with Gasteiger partial charge in [-0.1, -0.05) is 31.5 Å². The lowest BCUT2D eigenvalue weighted by atomic mass is 10.1. The van der Waals surface area contributed by atoms with Crippen LogP contribution >= 0.6 is 0 Å². The zero-order chi connectivity index (χ0) is 13.8. The second-order valence-electron chi connectivity index (χ2n) is 5.48. The second kappa shape index (κ2) is 6.22. The van der Waals surface area contributed by atoms with Crippen LogP contribution in [0, 0.1) is 12.8 Å². The van der Waals surface area contributed by atoms with Gasteiger partial charge < -0.3 is 15.6 Å². The first-order chi connectivity index (χ1) is 9.15. The van der Waals surface area contributed by atoms with Gasteiger partial charge in [-0.2, -0.15) is 0 Å². The Morgan fingerprint density at radius 1 is 1.32 bits per heavy atom. The molecular formula is C16H25N3. The van der Waals surface area contributed by atoms with Crippen molar-refractivity contribution >= 4 is 10.9 Å². The minimum atomic E-state index is 0.593. The number of aryl methyl sites for hydroxylation is 1. The van der Waals surface area contributed by atoms with Crippen molar-refractivity contribution in [3.05, 3.63) is 35.5 Å². The predicted octanol–water partition coefficient (Wildman–Crippen LogP) is 2.89. The highest BCUT2D eigenvalue weighted by Gasteiger charge is 2.12. The lowest BCUT2D eigenvalue weighted by Crippen LogP contribution is -2.29. The van der Waals surface area contributed by atoms with E-state index < -0.39 is 0 Å². The molecule has 0 saturated carbocycles. The number of para-hydroxylation sites is 1. The van der Waals surface area contributed by atoms with E-state index >= 15 is 0 Å². The van der Waals surface area contributed by atoms with Crippen molar-refractivity contribution in [2.75, 3.05) is 20.1 Å². The summed E-state index contributed by atoms with van der Waals surface area (Å²) < 4.78 is 0. The summed E-state index contributed by atoms with van der Waals surface area (Å²) in [7, 11) is 2.18. The van der Waals surface area contributed by atoms with Crippen LogP contribution in [0.3, 0.4) is 0 Å². The average molecular weight is 259 g/mol. The lowest BCUT2D eigenvalue weighted by molar-refractivity contribution is 0.268. The Bertz CT molecular complexity index is 526. The van der Waals surface area contributed by atoms with E-state index in [1.807, 2.05) is 0 Å². The number of aromatic nitrogens is 1. The fourth-order valence-electron chi connectivity index (χ4n) is 2.68. The molecule has 3 nitrogen and oxygen atoms in total. The molecular weight excluding hydrogens is 234 g/mol. The molecule has 0 fully saturated rings. The lowest BCUT2D eigenvalue weighted by Gasteiger charge is -2.22. The number of nitrogens with two attached hydrogens (primary N) is 1. The third kappa shape index (κ3) is 3.17. The van der Waals surface area contributed by atoms with Gasteiger partial charge in [0.25, 0.3) is 0 Å². The van der Waals surface area contributed by atoms with Gasteiger partial charge in [0.05, 0.1) is 0 Å². The van der Waals surface area contributed by atoms with Gasteiger partial charge >= 0.3 is 0 Å². The van der Waals surface area contributed by atoms with E-state index in [9.17, 15) is 0 Å². The fourth-order valence-corrected chi connectivity index (χ4v) is 2.68. The Kier molecular flexibility index (Phi) is 4.61. The third-order valence-electron chi connectivity index (χ3n) is 3.94. The maximum absolute atomic E-state index is 5.79. The number of nitrogens with zero attached hydrogens (tertiary/aromatic N) is 1. The molecule has 1 unspecified atom stereocenters. The van der Waals surface area contributed by atoms with Gasteiger partial charge in [0.1, 0.15) is 0 Å². The van der Waals surface area contributed by atoms with Crippen molar-refractivity contribution in [1.29, 1.82) is 0 Å². The summed E-state index contributed by atoms with van der Waals surface area (Å²) >= 11 is 0. The molecule has 1 atom stereocenters. The molecule has 0 saturated heterocycles. The molecule has 19 heavy (non-hydrogen) atoms. The molecule has 0 aliphatic heterocycles. The molecule has 1 heterocycles. The van der Waals surface area contributed by atoms with E-state index in [1.54, 1.807) is 0 Å². The smallest absolute Gasteiger partial charge is 0.0459 e. The van der Waals surface area contributed by atoms with E-state index in [-0.39, 0.29) is 0 Å². The summed E-state index contributed by atoms with van der Waals surface area (Å²) in [6, 6.07) is 8.52. The van der Waals surface area contributed by atoms with E-state index in [4.69, 9.17) is 5.73 Å². The van der Waals surface area contributed by atoms with Crippen LogP contribution in [-0.4, -0.2) is 30.0 Å². The number of hydrogen-bond donors (Lipinski definition) is 2. The number of nitrogens with one attached hydrogen (secondary N) is 1. The number of fused-ring (bicyclic) bond motifs is 1. The van der Waals surface area contributed by atoms with Crippen molar-refractivity contribution < 1.29 is 0 Å². The highest BCUT2D eigenvalue weighted by molar-refractivity contribution is 5.84. The molecule has 0 aliphatic carbocycles. The zero-order valence-corrected chi connectivity index (χ0v) is 12.2. The van der Waals surface area contributed by atoms with Gasteiger partial charge in [-0.15, -0.1) is 0 Å². The standard InChI is InChI=1S/C16H25N3/c1-4-13(9-17)10-19(3)11-15-12(2)18-16-8-6-5-7-14(15)16/h5-8,13,18H,4,9-11,17H2,1-3H3. The van der Waals surface area contributed by atoms with E-state index in [2.05, 4.69) is 55.0 Å². The minimum Gasteiger partial charge on any atom is -0.358 e. The van der Waals surface area contributed by atoms with Crippen LogP contribution in [-0.2, 0) is 6.54 Å². The molecule has 1 aromatic carbocycles. The molecule has 2 rings (SSSR count). The van der Waals surface area contributed by atoms with Crippen LogP contribution in [0.4, 0.5) is 0 Å². The monoisotopic (exact) mass is 259 g/mol. The number of aromatic amines is 1. The minimum absolute atomic E-state index is 0.593. The predicted molar refractivity (Wildman–Crippen MR) is 82.2 cm³/mol. The van der Waals surface area contributed by atoms with Crippen LogP contribution < -0.4 is 5.73 Å². The van der Waals surface area contributed by atoms with E-state index in [1.165, 1.54) is 22.2 Å². The van der Waals surface area contributed by atoms with Crippen LogP contribution in [0.2, 0.25) is 0 Å². The SMILES string of the molecule is CCC(CN)CN(C)Cc1c(C)[nH]c2ccccc12. The molecule has 0 aliphatic rings. The van der Waals surface area contributed by atoms with Crippen molar-refractivity contribution in [3.8, 4) is 0 Å². The quantitative estimate of drug-likeness (QED) is 0.838. The second-order valence-corrected chi connectivity index (χ2v) is 5.48. The molecule has 104 valence electrons. The maximum atomic E-state index is 5.79.